The lowest BCUT2D eigenvalue weighted by Gasteiger charge is -2.34. The predicted molar refractivity (Wildman–Crippen MR) is 78.5 cm³/mol. The second kappa shape index (κ2) is 8.93. The lowest BCUT2D eigenvalue weighted by molar-refractivity contribution is 0.142. The van der Waals surface area contributed by atoms with Crippen molar-refractivity contribution in [3.05, 3.63) is 0 Å². The zero-order valence-corrected chi connectivity index (χ0v) is 13.1. The van der Waals surface area contributed by atoms with Crippen molar-refractivity contribution in [2.45, 2.75) is 66.5 Å². The van der Waals surface area contributed by atoms with Gasteiger partial charge in [0.05, 0.1) is 0 Å². The van der Waals surface area contributed by atoms with Crippen molar-refractivity contribution in [1.82, 2.24) is 10.2 Å². The number of nitrogens with zero attached hydrogens (tertiary/aromatic N) is 1. The molecule has 0 aliphatic heterocycles. The Hall–Kier alpha value is -0.0800. The van der Waals surface area contributed by atoms with Crippen LogP contribution in [0, 0.1) is 11.8 Å². The van der Waals surface area contributed by atoms with Crippen LogP contribution in [-0.2, 0) is 0 Å². The van der Waals surface area contributed by atoms with E-state index in [0.717, 1.165) is 19.0 Å². The fraction of sp³-hybridized carbons (Fsp3) is 1.00. The van der Waals surface area contributed by atoms with Crippen molar-refractivity contribution in [3.63, 3.8) is 0 Å². The molecule has 104 valence electrons. The van der Waals surface area contributed by atoms with Crippen LogP contribution in [0.4, 0.5) is 0 Å². The molecule has 0 spiro atoms. The molecule has 0 aromatic rings. The zero-order valence-electron chi connectivity index (χ0n) is 13.1. The van der Waals surface area contributed by atoms with E-state index in [0.29, 0.717) is 18.0 Å². The predicted octanol–water partition coefficient (Wildman–Crippen LogP) is 3.38. The maximum absolute atomic E-state index is 3.56. The maximum atomic E-state index is 3.56. The molecule has 0 aliphatic carbocycles. The fourth-order valence-electron chi connectivity index (χ4n) is 2.19. The van der Waals surface area contributed by atoms with Crippen molar-refractivity contribution in [1.29, 1.82) is 0 Å². The molecule has 0 aromatic heterocycles. The van der Waals surface area contributed by atoms with E-state index in [1.807, 2.05) is 0 Å². The molecule has 0 rings (SSSR count). The van der Waals surface area contributed by atoms with Crippen molar-refractivity contribution >= 4 is 0 Å². The Morgan fingerprint density at radius 3 is 2.06 bits per heavy atom. The second-order valence-corrected chi connectivity index (χ2v) is 6.07. The van der Waals surface area contributed by atoms with E-state index < -0.39 is 0 Å². The molecule has 0 bridgehead atoms. The summed E-state index contributed by atoms with van der Waals surface area (Å²) in [5, 5.41) is 3.56. The van der Waals surface area contributed by atoms with Gasteiger partial charge in [-0.25, -0.2) is 0 Å². The van der Waals surface area contributed by atoms with Gasteiger partial charge in [0.2, 0.25) is 0 Å². The van der Waals surface area contributed by atoms with Crippen LogP contribution in [0.1, 0.15) is 54.4 Å². The molecule has 17 heavy (non-hydrogen) atoms. The quantitative estimate of drug-likeness (QED) is 0.667. The van der Waals surface area contributed by atoms with Gasteiger partial charge in [-0.05, 0) is 52.2 Å². The Morgan fingerprint density at radius 1 is 1.00 bits per heavy atom. The third kappa shape index (κ3) is 7.05. The summed E-state index contributed by atoms with van der Waals surface area (Å²) in [6, 6.07) is 1.35. The van der Waals surface area contributed by atoms with Gasteiger partial charge >= 0.3 is 0 Å². The van der Waals surface area contributed by atoms with Gasteiger partial charge in [0.15, 0.2) is 0 Å². The summed E-state index contributed by atoms with van der Waals surface area (Å²) in [5.74, 6) is 1.45. The molecule has 0 saturated carbocycles. The van der Waals surface area contributed by atoms with E-state index in [2.05, 4.69) is 58.8 Å². The van der Waals surface area contributed by atoms with E-state index >= 15 is 0 Å². The number of nitrogens with one attached hydrogen (secondary N) is 1. The summed E-state index contributed by atoms with van der Waals surface area (Å²) in [6.45, 7) is 16.1. The third-order valence-corrected chi connectivity index (χ3v) is 3.89. The summed E-state index contributed by atoms with van der Waals surface area (Å²) < 4.78 is 0. The molecule has 2 nitrogen and oxygen atoms in total. The van der Waals surface area contributed by atoms with Crippen LogP contribution < -0.4 is 5.32 Å². The molecule has 0 radical (unpaired) electrons. The van der Waals surface area contributed by atoms with Crippen LogP contribution in [0.5, 0.6) is 0 Å². The summed E-state index contributed by atoms with van der Waals surface area (Å²) in [6.07, 6.45) is 2.57. The van der Waals surface area contributed by atoms with E-state index in [4.69, 9.17) is 0 Å². The molecule has 0 heterocycles. The van der Waals surface area contributed by atoms with E-state index in [9.17, 15) is 0 Å². The Labute approximate surface area is 109 Å². The summed E-state index contributed by atoms with van der Waals surface area (Å²) in [5.41, 5.74) is 0. The van der Waals surface area contributed by atoms with Crippen molar-refractivity contribution in [2.24, 2.45) is 11.8 Å². The first-order valence-electron chi connectivity index (χ1n) is 7.32. The van der Waals surface area contributed by atoms with Gasteiger partial charge in [0, 0.05) is 12.1 Å². The first kappa shape index (κ1) is 16.9. The highest BCUT2D eigenvalue weighted by Gasteiger charge is 2.20. The van der Waals surface area contributed by atoms with Crippen LogP contribution in [-0.4, -0.2) is 37.1 Å². The van der Waals surface area contributed by atoms with E-state index in [-0.39, 0.29) is 0 Å². The topological polar surface area (TPSA) is 15.3 Å². The van der Waals surface area contributed by atoms with E-state index in [1.165, 1.54) is 12.8 Å². The Morgan fingerprint density at radius 2 is 1.59 bits per heavy atom. The first-order valence-corrected chi connectivity index (χ1v) is 7.32. The molecule has 0 saturated heterocycles. The summed E-state index contributed by atoms with van der Waals surface area (Å²) in [7, 11) is 2.27. The first-order chi connectivity index (χ1) is 7.90. The lowest BCUT2D eigenvalue weighted by Crippen LogP contribution is -2.43. The number of hydrogen-bond donors (Lipinski definition) is 1. The van der Waals surface area contributed by atoms with Gasteiger partial charge in [-0.15, -0.1) is 0 Å². The zero-order chi connectivity index (χ0) is 13.4. The largest absolute Gasteiger partial charge is 0.316 e. The van der Waals surface area contributed by atoms with Gasteiger partial charge < -0.3 is 10.2 Å². The average molecular weight is 242 g/mol. The monoisotopic (exact) mass is 242 g/mol. The van der Waals surface area contributed by atoms with Crippen LogP contribution in [0.15, 0.2) is 0 Å². The van der Waals surface area contributed by atoms with Gasteiger partial charge in [0.1, 0.15) is 0 Å². The molecule has 0 fully saturated rings. The molecular formula is C15H34N2. The second-order valence-electron chi connectivity index (χ2n) is 6.07. The van der Waals surface area contributed by atoms with Crippen LogP contribution >= 0.6 is 0 Å². The van der Waals surface area contributed by atoms with Gasteiger partial charge in [-0.3, -0.25) is 0 Å². The number of rotatable bonds is 9. The minimum Gasteiger partial charge on any atom is -0.316 e. The van der Waals surface area contributed by atoms with Crippen molar-refractivity contribution in [2.75, 3.05) is 20.1 Å². The normalized spacial score (nSPS) is 17.5. The molecule has 0 aromatic carbocycles. The van der Waals surface area contributed by atoms with Crippen molar-refractivity contribution in [3.8, 4) is 0 Å². The van der Waals surface area contributed by atoms with Gasteiger partial charge in [-0.1, -0.05) is 34.1 Å². The fourth-order valence-corrected chi connectivity index (χ4v) is 2.19. The highest BCUT2D eigenvalue weighted by atomic mass is 15.2. The van der Waals surface area contributed by atoms with Gasteiger partial charge in [-0.2, -0.15) is 0 Å². The maximum Gasteiger partial charge on any atom is 0.0104 e. The van der Waals surface area contributed by atoms with Crippen molar-refractivity contribution < 1.29 is 0 Å². The Balaban J connectivity index is 3.97. The van der Waals surface area contributed by atoms with Gasteiger partial charge in [0.25, 0.3) is 0 Å². The standard InChI is InChI=1S/C15H34N2/c1-8-9-14(5)17(7)15(6)13(4)11-16-10-12(2)3/h12-16H,8-11H2,1-7H3. The molecule has 0 aliphatic rings. The Bertz CT molecular complexity index is 180. The summed E-state index contributed by atoms with van der Waals surface area (Å²) >= 11 is 0. The van der Waals surface area contributed by atoms with E-state index in [1.54, 1.807) is 0 Å². The molecule has 0 amide bonds. The average Bonchev–Trinajstić information content (AvgIpc) is 2.26. The smallest absolute Gasteiger partial charge is 0.0104 e. The summed E-state index contributed by atoms with van der Waals surface area (Å²) in [4.78, 5) is 2.53. The van der Waals surface area contributed by atoms with Crippen LogP contribution in [0.25, 0.3) is 0 Å². The molecule has 3 unspecified atom stereocenters. The highest BCUT2D eigenvalue weighted by Crippen LogP contribution is 2.14. The minimum atomic E-state index is 0.649. The van der Waals surface area contributed by atoms with Crippen LogP contribution in [0.2, 0.25) is 0 Å². The molecular weight excluding hydrogens is 208 g/mol. The third-order valence-electron chi connectivity index (χ3n) is 3.89. The Kier molecular flexibility index (Phi) is 8.89. The lowest BCUT2D eigenvalue weighted by atomic mass is 10.00. The molecule has 1 N–H and O–H groups in total. The molecule has 3 atom stereocenters. The minimum absolute atomic E-state index is 0.649. The molecule has 2 heteroatoms. The SMILES string of the molecule is CCCC(C)N(C)C(C)C(C)CNCC(C)C. The van der Waals surface area contributed by atoms with Crippen LogP contribution in [0.3, 0.4) is 0 Å². The number of hydrogen-bond acceptors (Lipinski definition) is 2. The highest BCUT2D eigenvalue weighted by molar-refractivity contribution is 4.76.